The van der Waals surface area contributed by atoms with Crippen molar-refractivity contribution >= 4 is 43.9 Å². The van der Waals surface area contributed by atoms with Gasteiger partial charge in [0.25, 0.3) is 0 Å². The van der Waals surface area contributed by atoms with Gasteiger partial charge in [0.05, 0.1) is 11.4 Å². The van der Waals surface area contributed by atoms with Gasteiger partial charge in [0.2, 0.25) is 0 Å². The minimum Gasteiger partial charge on any atom is -0.455 e. The average Bonchev–Trinajstić information content (AvgIpc) is 3.71. The van der Waals surface area contributed by atoms with Gasteiger partial charge in [-0.25, -0.2) is 9.97 Å². The fourth-order valence-corrected chi connectivity index (χ4v) is 6.31. The van der Waals surface area contributed by atoms with E-state index in [1.54, 1.807) is 12.4 Å². The number of para-hydroxylation sites is 4. The highest BCUT2D eigenvalue weighted by Gasteiger charge is 2.15. The summed E-state index contributed by atoms with van der Waals surface area (Å²) in [4.78, 5) is 9.33. The summed E-state index contributed by atoms with van der Waals surface area (Å²) in [6, 6.07) is 48.0. The Bertz CT molecular complexity index is 2400. The second-order valence-corrected chi connectivity index (χ2v) is 11.4. The summed E-state index contributed by atoms with van der Waals surface area (Å²) in [5, 5.41) is 4.48. The van der Waals surface area contributed by atoms with Crippen molar-refractivity contribution < 1.29 is 8.83 Å². The molecule has 0 N–H and O–H groups in total. The predicted molar refractivity (Wildman–Crippen MR) is 194 cm³/mol. The van der Waals surface area contributed by atoms with Crippen LogP contribution in [0.25, 0.3) is 88.6 Å². The number of furan rings is 2. The van der Waals surface area contributed by atoms with Gasteiger partial charge in [-0.05, 0) is 48.4 Å². The maximum Gasteiger partial charge on any atom is 0.143 e. The first kappa shape index (κ1) is 28.2. The third-order valence-electron chi connectivity index (χ3n) is 8.41. The van der Waals surface area contributed by atoms with E-state index in [0.29, 0.717) is 0 Å². The molecule has 3 heterocycles. The van der Waals surface area contributed by atoms with Crippen molar-refractivity contribution in [3.8, 4) is 44.8 Å². The fourth-order valence-electron chi connectivity index (χ4n) is 6.31. The van der Waals surface area contributed by atoms with Crippen LogP contribution in [-0.4, -0.2) is 9.97 Å². The van der Waals surface area contributed by atoms with Gasteiger partial charge in [-0.15, -0.1) is 6.58 Å². The van der Waals surface area contributed by atoms with Crippen LogP contribution in [0.3, 0.4) is 0 Å². The standard InChI is InChI=1S/C40H24N2O2.C3H6/c1-3-19-37-31(13-1)33-17-7-15-29(39(33)43-37)25-9-5-11-27(21-25)35-23-36(42-24-41-35)28-12-6-10-26(22-28)30-16-8-18-34-32-14-2-4-20-38(32)44-40(30)34;1-3-2/h1-24H;3H,1H2,2H3. The lowest BCUT2D eigenvalue weighted by molar-refractivity contribution is 0.669. The molecule has 0 aliphatic rings. The van der Waals surface area contributed by atoms with E-state index in [1.807, 2.05) is 43.3 Å². The topological polar surface area (TPSA) is 52.1 Å². The fraction of sp³-hybridized carbons (Fsp3) is 0.0233. The normalized spacial score (nSPS) is 11.2. The zero-order chi connectivity index (χ0) is 31.7. The minimum atomic E-state index is 0.860. The number of nitrogens with zero attached hydrogens (tertiary/aromatic N) is 2. The molecule has 47 heavy (non-hydrogen) atoms. The van der Waals surface area contributed by atoms with Crippen LogP contribution in [-0.2, 0) is 0 Å². The molecule has 0 bridgehead atoms. The van der Waals surface area contributed by atoms with E-state index >= 15 is 0 Å². The van der Waals surface area contributed by atoms with Gasteiger partial charge in [-0.2, -0.15) is 0 Å². The molecule has 6 aromatic carbocycles. The van der Waals surface area contributed by atoms with Crippen molar-refractivity contribution in [3.05, 3.63) is 159 Å². The first-order valence-electron chi connectivity index (χ1n) is 15.6. The van der Waals surface area contributed by atoms with E-state index < -0.39 is 0 Å². The number of benzene rings is 6. The van der Waals surface area contributed by atoms with E-state index in [9.17, 15) is 0 Å². The van der Waals surface area contributed by atoms with Crippen molar-refractivity contribution in [3.63, 3.8) is 0 Å². The molecule has 9 aromatic rings. The highest BCUT2D eigenvalue weighted by molar-refractivity contribution is 6.10. The van der Waals surface area contributed by atoms with E-state index in [0.717, 1.165) is 88.6 Å². The summed E-state index contributed by atoms with van der Waals surface area (Å²) in [6.45, 7) is 5.25. The molecule has 0 saturated carbocycles. The summed E-state index contributed by atoms with van der Waals surface area (Å²) in [6.07, 6.45) is 3.39. The third kappa shape index (κ3) is 5.06. The first-order valence-corrected chi connectivity index (χ1v) is 15.6. The summed E-state index contributed by atoms with van der Waals surface area (Å²) in [5.74, 6) is 0. The Labute approximate surface area is 272 Å². The Morgan fingerprint density at radius 2 is 0.872 bits per heavy atom. The van der Waals surface area contributed by atoms with Crippen LogP contribution >= 0.6 is 0 Å². The maximum absolute atomic E-state index is 6.32. The lowest BCUT2D eigenvalue weighted by Crippen LogP contribution is -1.90. The molecule has 0 radical (unpaired) electrons. The van der Waals surface area contributed by atoms with Gasteiger partial charge in [0.1, 0.15) is 28.7 Å². The number of allylic oxidation sites excluding steroid dienone is 1. The quantitative estimate of drug-likeness (QED) is 0.187. The number of rotatable bonds is 4. The molecular weight excluding hydrogens is 576 g/mol. The van der Waals surface area contributed by atoms with E-state index in [1.165, 1.54) is 0 Å². The van der Waals surface area contributed by atoms with E-state index in [2.05, 4.69) is 120 Å². The van der Waals surface area contributed by atoms with Crippen LogP contribution in [0.2, 0.25) is 0 Å². The van der Waals surface area contributed by atoms with Gasteiger partial charge in [0.15, 0.2) is 0 Å². The number of aromatic nitrogens is 2. The van der Waals surface area contributed by atoms with Gasteiger partial charge in [-0.1, -0.05) is 115 Å². The predicted octanol–water partition coefficient (Wildman–Crippen LogP) is 12.1. The largest absolute Gasteiger partial charge is 0.455 e. The van der Waals surface area contributed by atoms with Crippen molar-refractivity contribution in [1.82, 2.24) is 9.97 Å². The van der Waals surface area contributed by atoms with Crippen LogP contribution < -0.4 is 0 Å². The molecule has 0 amide bonds. The minimum absolute atomic E-state index is 0.860. The van der Waals surface area contributed by atoms with Crippen LogP contribution in [0.4, 0.5) is 0 Å². The van der Waals surface area contributed by atoms with Crippen LogP contribution in [0.5, 0.6) is 0 Å². The summed E-state index contributed by atoms with van der Waals surface area (Å²) < 4.78 is 12.6. The molecular formula is C43H30N2O2. The monoisotopic (exact) mass is 606 g/mol. The second kappa shape index (κ2) is 11.9. The summed E-state index contributed by atoms with van der Waals surface area (Å²) in [7, 11) is 0. The maximum atomic E-state index is 6.32. The number of hydrogen-bond donors (Lipinski definition) is 0. The molecule has 0 aliphatic carbocycles. The number of fused-ring (bicyclic) bond motifs is 6. The lowest BCUT2D eigenvalue weighted by atomic mass is 9.98. The van der Waals surface area contributed by atoms with Crippen molar-refractivity contribution in [2.45, 2.75) is 6.92 Å². The second-order valence-electron chi connectivity index (χ2n) is 11.4. The van der Waals surface area contributed by atoms with Crippen LogP contribution in [0.15, 0.2) is 167 Å². The molecule has 0 unspecified atom stereocenters. The molecule has 0 aliphatic heterocycles. The SMILES string of the molecule is C=CC.c1cc(-c2cc(-c3cccc(-c4cccc5c4oc4ccccc45)c3)ncn2)cc(-c2cccc3c2oc2ccccc23)c1. The Kier molecular flexibility index (Phi) is 7.16. The van der Waals surface area contributed by atoms with Crippen molar-refractivity contribution in [2.75, 3.05) is 0 Å². The highest BCUT2D eigenvalue weighted by Crippen LogP contribution is 2.38. The smallest absolute Gasteiger partial charge is 0.143 e. The van der Waals surface area contributed by atoms with Crippen LogP contribution in [0.1, 0.15) is 6.92 Å². The zero-order valence-corrected chi connectivity index (χ0v) is 25.9. The molecule has 9 rings (SSSR count). The molecule has 0 fully saturated rings. The molecule has 0 saturated heterocycles. The Balaban J connectivity index is 0.00000104. The van der Waals surface area contributed by atoms with E-state index in [4.69, 9.17) is 8.83 Å². The van der Waals surface area contributed by atoms with Gasteiger partial charge in [-0.3, -0.25) is 0 Å². The van der Waals surface area contributed by atoms with Gasteiger partial charge >= 0.3 is 0 Å². The lowest BCUT2D eigenvalue weighted by Gasteiger charge is -2.09. The molecule has 0 spiro atoms. The average molecular weight is 607 g/mol. The van der Waals surface area contributed by atoms with Crippen LogP contribution in [0, 0.1) is 0 Å². The van der Waals surface area contributed by atoms with Crippen molar-refractivity contribution in [1.29, 1.82) is 0 Å². The van der Waals surface area contributed by atoms with E-state index in [-0.39, 0.29) is 0 Å². The van der Waals surface area contributed by atoms with Crippen molar-refractivity contribution in [2.24, 2.45) is 0 Å². The Hall–Kier alpha value is -6.26. The highest BCUT2D eigenvalue weighted by atomic mass is 16.3. The summed E-state index contributed by atoms with van der Waals surface area (Å²) >= 11 is 0. The number of hydrogen-bond acceptors (Lipinski definition) is 4. The molecule has 3 aromatic heterocycles. The molecule has 4 heteroatoms. The Morgan fingerprint density at radius 3 is 1.36 bits per heavy atom. The Morgan fingerprint density at radius 1 is 0.468 bits per heavy atom. The summed E-state index contributed by atoms with van der Waals surface area (Å²) in [5.41, 5.74) is 11.6. The molecule has 224 valence electrons. The zero-order valence-electron chi connectivity index (χ0n) is 25.9. The first-order chi connectivity index (χ1) is 23.2. The van der Waals surface area contributed by atoms with Gasteiger partial charge in [0, 0.05) is 43.8 Å². The molecule has 4 nitrogen and oxygen atoms in total. The third-order valence-corrected chi connectivity index (χ3v) is 8.41. The van der Waals surface area contributed by atoms with Gasteiger partial charge < -0.3 is 8.83 Å². The molecule has 0 atom stereocenters.